The number of carboxylic acid groups (broad SMARTS) is 1. The summed E-state index contributed by atoms with van der Waals surface area (Å²) < 4.78 is 0. The summed E-state index contributed by atoms with van der Waals surface area (Å²) in [5, 5.41) is 9.26. The molecule has 3 rings (SSSR count). The molecule has 24 heavy (non-hydrogen) atoms. The minimum absolute atomic E-state index is 0.225. The molecule has 3 fully saturated rings. The van der Waals surface area contributed by atoms with Gasteiger partial charge >= 0.3 is 5.97 Å². The van der Waals surface area contributed by atoms with Gasteiger partial charge in [0, 0.05) is 12.6 Å². The third-order valence-electron chi connectivity index (χ3n) is 5.85. The minimum atomic E-state index is -0.903. The number of hydrogen-bond donors (Lipinski definition) is 1. The molecular formula is C17H24N2O5. The number of rotatable bonds is 3. The first-order valence-electron chi connectivity index (χ1n) is 8.79. The Labute approximate surface area is 141 Å². The van der Waals surface area contributed by atoms with Gasteiger partial charge in [-0.2, -0.15) is 0 Å². The van der Waals surface area contributed by atoms with Gasteiger partial charge in [0.05, 0.1) is 17.8 Å². The maximum Gasteiger partial charge on any atom is 0.308 e. The van der Waals surface area contributed by atoms with Crippen molar-refractivity contribution in [3.8, 4) is 0 Å². The zero-order valence-electron chi connectivity index (χ0n) is 13.9. The van der Waals surface area contributed by atoms with Crippen molar-refractivity contribution in [2.45, 2.75) is 51.5 Å². The molecule has 3 amide bonds. The van der Waals surface area contributed by atoms with E-state index < -0.39 is 17.9 Å². The third kappa shape index (κ3) is 2.80. The molecule has 1 saturated carbocycles. The van der Waals surface area contributed by atoms with Crippen molar-refractivity contribution in [3.05, 3.63) is 0 Å². The highest BCUT2D eigenvalue weighted by molar-refractivity contribution is 6.07. The molecule has 0 aromatic heterocycles. The highest BCUT2D eigenvalue weighted by Crippen LogP contribution is 2.38. The SMILES string of the molecule is C[C@@H]1[C@H](C(=O)O)CCCN1C(=O)CN1C(=O)C2CCCCC2C1=O. The number of aliphatic carboxylic acids is 1. The number of hydrogen-bond acceptors (Lipinski definition) is 4. The Bertz CT molecular complexity index is 551. The Morgan fingerprint density at radius 1 is 1.04 bits per heavy atom. The number of likely N-dealkylation sites (tertiary alicyclic amines) is 2. The summed E-state index contributed by atoms with van der Waals surface area (Å²) in [5.41, 5.74) is 0. The molecule has 132 valence electrons. The molecule has 7 heteroatoms. The van der Waals surface area contributed by atoms with Gasteiger partial charge in [-0.1, -0.05) is 12.8 Å². The standard InChI is InChI=1S/C17H24N2O5/c1-10-11(17(23)24)7-4-8-18(10)14(20)9-19-15(21)12-5-2-3-6-13(12)16(19)22/h10-13H,2-9H2,1H3,(H,23,24)/t10-,11-,12?,13?/m1/s1. The Balaban J connectivity index is 1.69. The van der Waals surface area contributed by atoms with Crippen LogP contribution in [0.2, 0.25) is 0 Å². The Morgan fingerprint density at radius 2 is 1.62 bits per heavy atom. The Hall–Kier alpha value is -1.92. The lowest BCUT2D eigenvalue weighted by atomic mass is 9.81. The smallest absolute Gasteiger partial charge is 0.308 e. The van der Waals surface area contributed by atoms with Crippen molar-refractivity contribution in [3.63, 3.8) is 0 Å². The van der Waals surface area contributed by atoms with Gasteiger partial charge in [-0.05, 0) is 32.6 Å². The average molecular weight is 336 g/mol. The average Bonchev–Trinajstić information content (AvgIpc) is 2.80. The summed E-state index contributed by atoms with van der Waals surface area (Å²) in [6.45, 7) is 1.96. The summed E-state index contributed by atoms with van der Waals surface area (Å²) in [4.78, 5) is 51.5. The van der Waals surface area contributed by atoms with Crippen LogP contribution in [0.25, 0.3) is 0 Å². The molecule has 2 aliphatic heterocycles. The molecule has 1 aliphatic carbocycles. The van der Waals surface area contributed by atoms with E-state index in [1.807, 2.05) is 0 Å². The molecule has 3 aliphatic rings. The Morgan fingerprint density at radius 3 is 2.17 bits per heavy atom. The topological polar surface area (TPSA) is 95.0 Å². The molecule has 0 radical (unpaired) electrons. The minimum Gasteiger partial charge on any atom is -0.481 e. The number of fused-ring (bicyclic) bond motifs is 1. The molecule has 4 atom stereocenters. The number of carbonyl (C=O) groups excluding carboxylic acids is 3. The van der Waals surface area contributed by atoms with E-state index in [-0.39, 0.29) is 36.1 Å². The number of carbonyl (C=O) groups is 4. The molecule has 2 unspecified atom stereocenters. The van der Waals surface area contributed by atoms with Crippen LogP contribution in [-0.4, -0.2) is 57.7 Å². The van der Waals surface area contributed by atoms with Crippen LogP contribution in [0.3, 0.4) is 0 Å². The lowest BCUT2D eigenvalue weighted by molar-refractivity contribution is -0.153. The quantitative estimate of drug-likeness (QED) is 0.772. The summed E-state index contributed by atoms with van der Waals surface area (Å²) in [6, 6.07) is -0.418. The first-order valence-corrected chi connectivity index (χ1v) is 8.79. The van der Waals surface area contributed by atoms with Crippen LogP contribution >= 0.6 is 0 Å². The van der Waals surface area contributed by atoms with Crippen molar-refractivity contribution in [1.82, 2.24) is 9.80 Å². The molecule has 0 aromatic carbocycles. The summed E-state index contributed by atoms with van der Waals surface area (Å²) >= 11 is 0. The molecule has 7 nitrogen and oxygen atoms in total. The van der Waals surface area contributed by atoms with Gasteiger partial charge in [-0.3, -0.25) is 24.1 Å². The fraction of sp³-hybridized carbons (Fsp3) is 0.765. The molecule has 0 bridgehead atoms. The fourth-order valence-corrected chi connectivity index (χ4v) is 4.44. The number of carboxylic acids is 1. The second-order valence-electron chi connectivity index (χ2n) is 7.17. The molecular weight excluding hydrogens is 312 g/mol. The Kier molecular flexibility index (Phi) is 4.60. The van der Waals surface area contributed by atoms with Crippen molar-refractivity contribution in [1.29, 1.82) is 0 Å². The van der Waals surface area contributed by atoms with Crippen LogP contribution in [0, 0.1) is 17.8 Å². The zero-order valence-corrected chi connectivity index (χ0v) is 13.9. The summed E-state index contributed by atoms with van der Waals surface area (Å²) in [7, 11) is 0. The van der Waals surface area contributed by atoms with Crippen LogP contribution in [0.1, 0.15) is 45.4 Å². The zero-order chi connectivity index (χ0) is 17.4. The molecule has 2 saturated heterocycles. The van der Waals surface area contributed by atoms with E-state index in [4.69, 9.17) is 0 Å². The second-order valence-corrected chi connectivity index (χ2v) is 7.17. The van der Waals surface area contributed by atoms with Crippen LogP contribution in [0.15, 0.2) is 0 Å². The van der Waals surface area contributed by atoms with Gasteiger partial charge in [-0.25, -0.2) is 0 Å². The van der Waals surface area contributed by atoms with Gasteiger partial charge in [0.2, 0.25) is 17.7 Å². The van der Waals surface area contributed by atoms with E-state index in [2.05, 4.69) is 0 Å². The molecule has 0 spiro atoms. The normalized spacial score (nSPS) is 33.5. The first-order chi connectivity index (χ1) is 11.4. The summed E-state index contributed by atoms with van der Waals surface area (Å²) in [6.07, 6.45) is 4.52. The van der Waals surface area contributed by atoms with Gasteiger partial charge < -0.3 is 10.0 Å². The van der Waals surface area contributed by atoms with Crippen molar-refractivity contribution in [2.24, 2.45) is 17.8 Å². The molecule has 0 aromatic rings. The van der Waals surface area contributed by atoms with Gasteiger partial charge in [0.25, 0.3) is 0 Å². The second kappa shape index (κ2) is 6.53. The van der Waals surface area contributed by atoms with E-state index in [0.717, 1.165) is 30.6 Å². The number of nitrogens with zero attached hydrogens (tertiary/aromatic N) is 2. The van der Waals surface area contributed by atoms with E-state index in [1.165, 1.54) is 4.90 Å². The highest BCUT2D eigenvalue weighted by Gasteiger charge is 2.49. The lowest BCUT2D eigenvalue weighted by Crippen LogP contribution is -2.52. The number of imide groups is 1. The maximum atomic E-state index is 12.6. The third-order valence-corrected chi connectivity index (χ3v) is 5.85. The van der Waals surface area contributed by atoms with Crippen LogP contribution < -0.4 is 0 Å². The van der Waals surface area contributed by atoms with Crippen molar-refractivity contribution < 1.29 is 24.3 Å². The lowest BCUT2D eigenvalue weighted by Gasteiger charge is -2.38. The van der Waals surface area contributed by atoms with Gasteiger partial charge in [-0.15, -0.1) is 0 Å². The van der Waals surface area contributed by atoms with Crippen molar-refractivity contribution in [2.75, 3.05) is 13.1 Å². The summed E-state index contributed by atoms with van der Waals surface area (Å²) in [5.74, 6) is -2.78. The number of piperidine rings is 1. The fourth-order valence-electron chi connectivity index (χ4n) is 4.44. The number of amides is 3. The van der Waals surface area contributed by atoms with Crippen LogP contribution in [0.4, 0.5) is 0 Å². The monoisotopic (exact) mass is 336 g/mol. The van der Waals surface area contributed by atoms with E-state index in [1.54, 1.807) is 6.92 Å². The van der Waals surface area contributed by atoms with Gasteiger partial charge in [0.15, 0.2) is 0 Å². The van der Waals surface area contributed by atoms with Crippen LogP contribution in [-0.2, 0) is 19.2 Å². The van der Waals surface area contributed by atoms with E-state index in [0.29, 0.717) is 19.4 Å². The van der Waals surface area contributed by atoms with Crippen LogP contribution in [0.5, 0.6) is 0 Å². The predicted octanol–water partition coefficient (Wildman–Crippen LogP) is 0.873. The largest absolute Gasteiger partial charge is 0.481 e. The van der Waals surface area contributed by atoms with E-state index >= 15 is 0 Å². The maximum absolute atomic E-state index is 12.6. The van der Waals surface area contributed by atoms with Gasteiger partial charge in [0.1, 0.15) is 6.54 Å². The molecule has 1 N–H and O–H groups in total. The predicted molar refractivity (Wildman–Crippen MR) is 83.7 cm³/mol. The first kappa shape index (κ1) is 16.9. The van der Waals surface area contributed by atoms with Crippen molar-refractivity contribution >= 4 is 23.7 Å². The highest BCUT2D eigenvalue weighted by atomic mass is 16.4. The molecule has 2 heterocycles. The van der Waals surface area contributed by atoms with E-state index in [9.17, 15) is 24.3 Å².